The molecular formula is C6H16NO9P. The minimum absolute atomic E-state index is 0. The molecule has 0 bridgehead atoms. The van der Waals surface area contributed by atoms with E-state index in [2.05, 4.69) is 4.52 Å². The minimum atomic E-state index is -4.80. The van der Waals surface area contributed by atoms with Crippen LogP contribution in [0.5, 0.6) is 0 Å². The zero-order valence-electron chi connectivity index (χ0n) is 8.66. The van der Waals surface area contributed by atoms with Crippen LogP contribution < -0.4 is 6.15 Å². The molecule has 0 amide bonds. The number of aldehydes is 1. The summed E-state index contributed by atoms with van der Waals surface area (Å²) in [5.74, 6) is 0. The Morgan fingerprint density at radius 2 is 1.59 bits per heavy atom. The predicted molar refractivity (Wildman–Crippen MR) is 53.1 cm³/mol. The highest BCUT2D eigenvalue weighted by molar-refractivity contribution is 7.46. The van der Waals surface area contributed by atoms with Gasteiger partial charge >= 0.3 is 7.82 Å². The van der Waals surface area contributed by atoms with Crippen molar-refractivity contribution in [1.82, 2.24) is 6.15 Å². The lowest BCUT2D eigenvalue weighted by molar-refractivity contribution is -0.136. The highest BCUT2D eigenvalue weighted by Crippen LogP contribution is 2.35. The smallest absolute Gasteiger partial charge is 0.388 e. The van der Waals surface area contributed by atoms with Gasteiger partial charge in [-0.15, -0.1) is 0 Å². The third-order valence-corrected chi connectivity index (χ3v) is 2.13. The average Bonchev–Trinajstić information content (AvgIpc) is 2.21. The van der Waals surface area contributed by atoms with E-state index in [1.807, 2.05) is 0 Å². The number of hydrogen-bond acceptors (Lipinski definition) is 8. The van der Waals surface area contributed by atoms with Gasteiger partial charge in [0.1, 0.15) is 24.4 Å². The fourth-order valence-corrected chi connectivity index (χ4v) is 1.13. The second-order valence-electron chi connectivity index (χ2n) is 2.96. The number of aliphatic hydroxyl groups excluding tert-OH is 4. The number of hydrogen-bond donors (Lipinski definition) is 7. The lowest BCUT2D eigenvalue weighted by atomic mass is 10.0. The highest BCUT2D eigenvalue weighted by atomic mass is 31.2. The van der Waals surface area contributed by atoms with Crippen molar-refractivity contribution < 1.29 is 44.1 Å². The van der Waals surface area contributed by atoms with E-state index < -0.39 is 38.8 Å². The number of rotatable bonds is 7. The van der Waals surface area contributed by atoms with Gasteiger partial charge in [-0.05, 0) is 0 Å². The van der Waals surface area contributed by atoms with Crippen LogP contribution in [0.3, 0.4) is 0 Å². The van der Waals surface area contributed by atoms with Gasteiger partial charge in [-0.25, -0.2) is 4.57 Å². The first-order valence-corrected chi connectivity index (χ1v) is 5.59. The van der Waals surface area contributed by atoms with Crippen LogP contribution in [0, 0.1) is 0 Å². The van der Waals surface area contributed by atoms with E-state index in [0.717, 1.165) is 0 Å². The van der Waals surface area contributed by atoms with Gasteiger partial charge in [0.2, 0.25) is 0 Å². The van der Waals surface area contributed by atoms with E-state index in [-0.39, 0.29) is 12.4 Å². The van der Waals surface area contributed by atoms with Crippen molar-refractivity contribution >= 4 is 14.1 Å². The Balaban J connectivity index is 0. The number of carbonyl (C=O) groups is 1. The monoisotopic (exact) mass is 277 g/mol. The molecule has 0 rings (SSSR count). The normalized spacial score (nSPS) is 18.7. The third kappa shape index (κ3) is 7.49. The van der Waals surface area contributed by atoms with Gasteiger partial charge in [0.05, 0.1) is 6.61 Å². The van der Waals surface area contributed by atoms with Crippen LogP contribution in [0.1, 0.15) is 0 Å². The van der Waals surface area contributed by atoms with Gasteiger partial charge in [0.15, 0.2) is 6.29 Å². The quantitative estimate of drug-likeness (QED) is 0.184. The molecule has 17 heavy (non-hydrogen) atoms. The molecule has 0 heterocycles. The Labute approximate surface area is 96.3 Å². The van der Waals surface area contributed by atoms with Crippen molar-refractivity contribution in [3.05, 3.63) is 0 Å². The fourth-order valence-electron chi connectivity index (χ4n) is 0.782. The Morgan fingerprint density at radius 3 is 1.94 bits per heavy atom. The standard InChI is InChI=1S/C6H13O9P.H3N/c7-1-3(8)5(10)6(11)4(9)2-15-16(12,13)14;/h1,3-6,8-11H,2H2,(H2,12,13,14);1H3. The molecule has 0 radical (unpaired) electrons. The summed E-state index contributed by atoms with van der Waals surface area (Å²) >= 11 is 0. The largest absolute Gasteiger partial charge is 0.469 e. The maximum Gasteiger partial charge on any atom is 0.469 e. The van der Waals surface area contributed by atoms with Crippen LogP contribution >= 0.6 is 7.82 Å². The molecule has 104 valence electrons. The lowest BCUT2D eigenvalue weighted by Crippen LogP contribution is -2.46. The van der Waals surface area contributed by atoms with Crippen molar-refractivity contribution in [3.63, 3.8) is 0 Å². The van der Waals surface area contributed by atoms with Gasteiger partial charge < -0.3 is 41.2 Å². The van der Waals surface area contributed by atoms with E-state index >= 15 is 0 Å². The lowest BCUT2D eigenvalue weighted by Gasteiger charge is -2.23. The summed E-state index contributed by atoms with van der Waals surface area (Å²) in [7, 11) is -4.80. The first-order valence-electron chi connectivity index (χ1n) is 4.06. The first-order chi connectivity index (χ1) is 7.19. The van der Waals surface area contributed by atoms with Gasteiger partial charge in [-0.3, -0.25) is 4.52 Å². The second-order valence-corrected chi connectivity index (χ2v) is 4.20. The molecule has 0 fully saturated rings. The van der Waals surface area contributed by atoms with Gasteiger partial charge in [-0.1, -0.05) is 0 Å². The molecule has 0 aromatic rings. The maximum atomic E-state index is 10.2. The molecule has 11 heteroatoms. The summed E-state index contributed by atoms with van der Waals surface area (Å²) in [4.78, 5) is 26.6. The van der Waals surface area contributed by atoms with E-state index in [9.17, 15) is 9.36 Å². The molecule has 0 aliphatic heterocycles. The molecule has 4 unspecified atom stereocenters. The summed E-state index contributed by atoms with van der Waals surface area (Å²) in [5.41, 5.74) is 0. The first kappa shape index (κ1) is 18.9. The van der Waals surface area contributed by atoms with Crippen molar-refractivity contribution in [2.75, 3.05) is 6.61 Å². The predicted octanol–water partition coefficient (Wildman–Crippen LogP) is -3.10. The molecule has 0 saturated heterocycles. The summed E-state index contributed by atoms with van der Waals surface area (Å²) in [6.45, 7) is -0.964. The topological polar surface area (TPSA) is 200 Å². The summed E-state index contributed by atoms with van der Waals surface area (Å²) < 4.78 is 14.1. The van der Waals surface area contributed by atoms with E-state index in [1.165, 1.54) is 0 Å². The van der Waals surface area contributed by atoms with Crippen LogP contribution in [-0.2, 0) is 13.9 Å². The Morgan fingerprint density at radius 1 is 1.12 bits per heavy atom. The van der Waals surface area contributed by atoms with E-state index in [4.69, 9.17) is 30.2 Å². The number of phosphoric ester groups is 1. The highest BCUT2D eigenvalue weighted by Gasteiger charge is 2.31. The molecule has 0 aliphatic rings. The molecule has 0 aromatic heterocycles. The molecular weight excluding hydrogens is 261 g/mol. The van der Waals surface area contributed by atoms with Crippen LogP contribution in [0.2, 0.25) is 0 Å². The number of phosphoric acid groups is 1. The van der Waals surface area contributed by atoms with Gasteiger partial charge in [-0.2, -0.15) is 0 Å². The molecule has 4 atom stereocenters. The van der Waals surface area contributed by atoms with Gasteiger partial charge in [0.25, 0.3) is 0 Å². The van der Waals surface area contributed by atoms with Gasteiger partial charge in [0, 0.05) is 0 Å². The SMILES string of the molecule is N.O=CC(O)C(O)C(O)C(O)COP(=O)(O)O. The maximum absolute atomic E-state index is 10.2. The minimum Gasteiger partial charge on any atom is -0.388 e. The molecule has 9 N–H and O–H groups in total. The summed E-state index contributed by atoms with van der Waals surface area (Å²) in [6.07, 6.45) is -7.80. The Hall–Kier alpha value is -0.420. The summed E-state index contributed by atoms with van der Waals surface area (Å²) in [6, 6.07) is 0. The molecule has 0 aromatic carbocycles. The average molecular weight is 277 g/mol. The van der Waals surface area contributed by atoms with Crippen LogP contribution in [0.25, 0.3) is 0 Å². The second kappa shape index (κ2) is 7.82. The molecule has 0 aliphatic carbocycles. The van der Waals surface area contributed by atoms with Crippen LogP contribution in [0.15, 0.2) is 0 Å². The van der Waals surface area contributed by atoms with E-state index in [0.29, 0.717) is 0 Å². The van der Waals surface area contributed by atoms with Crippen molar-refractivity contribution in [1.29, 1.82) is 0 Å². The zero-order valence-corrected chi connectivity index (χ0v) is 9.55. The van der Waals surface area contributed by atoms with Crippen molar-refractivity contribution in [2.24, 2.45) is 0 Å². The van der Waals surface area contributed by atoms with Crippen molar-refractivity contribution in [3.8, 4) is 0 Å². The van der Waals surface area contributed by atoms with Crippen LogP contribution in [0.4, 0.5) is 0 Å². The Bertz CT molecular complexity index is 268. The number of aliphatic hydroxyl groups is 4. The van der Waals surface area contributed by atoms with E-state index in [1.54, 1.807) is 0 Å². The summed E-state index contributed by atoms with van der Waals surface area (Å²) in [5, 5.41) is 36.1. The molecule has 0 saturated carbocycles. The fraction of sp³-hybridized carbons (Fsp3) is 0.833. The number of carbonyl (C=O) groups excluding carboxylic acids is 1. The molecule has 10 nitrogen and oxygen atoms in total. The van der Waals surface area contributed by atoms with Crippen LogP contribution in [-0.4, -0.2) is 67.5 Å². The zero-order chi connectivity index (χ0) is 12.9. The third-order valence-electron chi connectivity index (χ3n) is 1.65. The molecule has 0 spiro atoms. The van der Waals surface area contributed by atoms with Crippen molar-refractivity contribution in [2.45, 2.75) is 24.4 Å². The Kier molecular flexibility index (Phi) is 8.71.